The molecule has 6 nitrogen and oxygen atoms in total. The summed E-state index contributed by atoms with van der Waals surface area (Å²) in [4.78, 5) is 25.4. The number of hydrogen-bond acceptors (Lipinski definition) is 5. The second-order valence-corrected chi connectivity index (χ2v) is 15.3. The van der Waals surface area contributed by atoms with E-state index in [0.717, 1.165) is 32.1 Å². The highest BCUT2D eigenvalue weighted by Crippen LogP contribution is 2.78. The van der Waals surface area contributed by atoms with Crippen LogP contribution in [0.4, 0.5) is 0 Å². The number of aliphatic carboxylic acids is 1. The van der Waals surface area contributed by atoms with E-state index >= 15 is 0 Å². The van der Waals surface area contributed by atoms with Gasteiger partial charge in [0.05, 0.1) is 6.61 Å². The fourth-order valence-electron chi connectivity index (χ4n) is 11.7. The number of carboxylic acids is 1. The molecule has 2 saturated heterocycles. The Labute approximate surface area is 227 Å². The van der Waals surface area contributed by atoms with Crippen LogP contribution < -0.4 is 0 Å². The zero-order valence-corrected chi connectivity index (χ0v) is 24.4. The van der Waals surface area contributed by atoms with E-state index in [1.807, 2.05) is 0 Å². The average Bonchev–Trinajstić information content (AvgIpc) is 2.83. The SMILES string of the molecule is CC(=O)O[C@@H]1CC(C)[C@H](C)C2C3=CC[C@@H]4[C@]56CC[C@](O)(OC5)C(C)(C)C6CC[C@]4(C)[C@]3(C)CC[C@]21C(=O)O. The Morgan fingerprint density at radius 1 is 1.03 bits per heavy atom. The van der Waals surface area contributed by atoms with Gasteiger partial charge in [-0.25, -0.2) is 0 Å². The predicted octanol–water partition coefficient (Wildman–Crippen LogP) is 5.97. The highest BCUT2D eigenvalue weighted by atomic mass is 16.6. The molecule has 1 spiro atoms. The lowest BCUT2D eigenvalue weighted by molar-refractivity contribution is -0.395. The molecule has 212 valence electrons. The van der Waals surface area contributed by atoms with Gasteiger partial charge in [-0.05, 0) is 79.4 Å². The van der Waals surface area contributed by atoms with E-state index in [-0.39, 0.29) is 45.4 Å². The Morgan fingerprint density at radius 2 is 1.74 bits per heavy atom. The van der Waals surface area contributed by atoms with Crippen molar-refractivity contribution in [3.8, 4) is 0 Å². The topological polar surface area (TPSA) is 93.1 Å². The number of carbonyl (C=O) groups excluding carboxylic acids is 1. The second-order valence-electron chi connectivity index (χ2n) is 15.3. The van der Waals surface area contributed by atoms with Gasteiger partial charge >= 0.3 is 11.9 Å². The molecule has 2 heterocycles. The first-order valence-electron chi connectivity index (χ1n) is 15.1. The minimum absolute atomic E-state index is 0.0157. The third-order valence-corrected chi connectivity index (χ3v) is 14.2. The third kappa shape index (κ3) is 2.87. The summed E-state index contributed by atoms with van der Waals surface area (Å²) in [6.45, 7) is 15.8. The van der Waals surface area contributed by atoms with Crippen LogP contribution in [0.5, 0.6) is 0 Å². The minimum atomic E-state index is -1.07. The lowest BCUT2D eigenvalue weighted by Crippen LogP contribution is -2.73. The molecular weight excluding hydrogens is 480 g/mol. The average molecular weight is 529 g/mol. The Balaban J connectivity index is 1.47. The van der Waals surface area contributed by atoms with Gasteiger partial charge in [-0.2, -0.15) is 0 Å². The predicted molar refractivity (Wildman–Crippen MR) is 143 cm³/mol. The standard InChI is InChI=1S/C32H48O6/c1-18-16-24(38-20(3)33)31(26(34)35)14-12-28(6)21(25(31)19(18)2)8-9-23-29(28,7)11-10-22-27(4,5)32(36)15-13-30(22,23)17-37-32/h8,18-19,22-25,36H,9-17H2,1-7H3,(H,34,35)/t18?,19-,22?,23-,24+,25?,28+,29-,30+,31+,32-/m0/s1. The van der Waals surface area contributed by atoms with Gasteiger partial charge in [-0.3, -0.25) is 9.59 Å². The van der Waals surface area contributed by atoms with Crippen molar-refractivity contribution in [3.63, 3.8) is 0 Å². The summed E-state index contributed by atoms with van der Waals surface area (Å²) in [5.74, 6) is -1.05. The maximum absolute atomic E-state index is 13.2. The first kappa shape index (κ1) is 26.8. The summed E-state index contributed by atoms with van der Waals surface area (Å²) in [5.41, 5.74) is -0.106. The molecular formula is C32H48O6. The van der Waals surface area contributed by atoms with Gasteiger partial charge in [0.2, 0.25) is 0 Å². The molecule has 2 N–H and O–H groups in total. The van der Waals surface area contributed by atoms with Crippen molar-refractivity contribution in [2.24, 2.45) is 56.7 Å². The molecule has 6 heteroatoms. The maximum Gasteiger partial charge on any atom is 0.314 e. The minimum Gasteiger partial charge on any atom is -0.481 e. The van der Waals surface area contributed by atoms with Crippen molar-refractivity contribution >= 4 is 11.9 Å². The molecule has 6 fully saturated rings. The number of allylic oxidation sites excluding steroid dienone is 2. The van der Waals surface area contributed by atoms with Crippen molar-refractivity contribution < 1.29 is 29.3 Å². The normalized spacial score (nSPS) is 54.5. The zero-order valence-electron chi connectivity index (χ0n) is 24.4. The van der Waals surface area contributed by atoms with E-state index in [9.17, 15) is 19.8 Å². The number of carbonyl (C=O) groups is 2. The molecule has 3 unspecified atom stereocenters. The van der Waals surface area contributed by atoms with Crippen LogP contribution in [0, 0.1) is 56.7 Å². The Kier molecular flexibility index (Phi) is 5.55. The molecule has 0 radical (unpaired) electrons. The van der Waals surface area contributed by atoms with Crippen molar-refractivity contribution in [2.75, 3.05) is 6.61 Å². The first-order valence-corrected chi connectivity index (χ1v) is 15.1. The number of ether oxygens (including phenoxy) is 2. The van der Waals surface area contributed by atoms with E-state index in [4.69, 9.17) is 9.47 Å². The molecule has 0 aromatic rings. The van der Waals surface area contributed by atoms with E-state index in [2.05, 4.69) is 47.6 Å². The number of hydrogen-bond donors (Lipinski definition) is 2. The van der Waals surface area contributed by atoms with Gasteiger partial charge < -0.3 is 19.7 Å². The molecule has 0 aromatic heterocycles. The molecule has 4 saturated carbocycles. The lowest BCUT2D eigenvalue weighted by Gasteiger charge is -2.74. The van der Waals surface area contributed by atoms with Crippen LogP contribution in [0.2, 0.25) is 0 Å². The molecule has 7 rings (SSSR count). The summed E-state index contributed by atoms with van der Waals surface area (Å²) in [7, 11) is 0. The first-order chi connectivity index (χ1) is 17.6. The van der Waals surface area contributed by atoms with Crippen LogP contribution in [0.1, 0.15) is 99.8 Å². The Bertz CT molecular complexity index is 1080. The van der Waals surface area contributed by atoms with Gasteiger partial charge in [0.15, 0.2) is 5.79 Å². The number of fused-ring (bicyclic) bond motifs is 7. The number of aliphatic hydroxyl groups is 1. The van der Waals surface area contributed by atoms with Crippen molar-refractivity contribution in [3.05, 3.63) is 11.6 Å². The smallest absolute Gasteiger partial charge is 0.314 e. The number of esters is 1. The van der Waals surface area contributed by atoms with E-state index in [1.165, 1.54) is 12.5 Å². The summed E-state index contributed by atoms with van der Waals surface area (Å²) in [5, 5.41) is 22.2. The largest absolute Gasteiger partial charge is 0.481 e. The summed E-state index contributed by atoms with van der Waals surface area (Å²) in [6.07, 6.45) is 8.57. The number of carboxylic acid groups (broad SMARTS) is 1. The number of rotatable bonds is 2. The van der Waals surface area contributed by atoms with Crippen LogP contribution in [0.15, 0.2) is 11.6 Å². The monoisotopic (exact) mass is 528 g/mol. The van der Waals surface area contributed by atoms with Crippen molar-refractivity contribution in [1.82, 2.24) is 0 Å². The molecule has 0 aromatic carbocycles. The highest BCUT2D eigenvalue weighted by Gasteiger charge is 2.75. The zero-order chi connectivity index (χ0) is 27.7. The Hall–Kier alpha value is -1.40. The molecule has 11 atom stereocenters. The van der Waals surface area contributed by atoms with Gasteiger partial charge in [0.1, 0.15) is 11.5 Å². The van der Waals surface area contributed by atoms with Crippen LogP contribution in [-0.2, 0) is 19.1 Å². The third-order valence-electron chi connectivity index (χ3n) is 14.2. The van der Waals surface area contributed by atoms with Gasteiger partial charge in [0, 0.05) is 30.1 Å². The summed E-state index contributed by atoms with van der Waals surface area (Å²) >= 11 is 0. The van der Waals surface area contributed by atoms with Crippen LogP contribution in [0.25, 0.3) is 0 Å². The maximum atomic E-state index is 13.2. The molecule has 0 amide bonds. The quantitative estimate of drug-likeness (QED) is 0.339. The molecule has 7 aliphatic rings. The highest BCUT2D eigenvalue weighted by molar-refractivity contribution is 5.78. The van der Waals surface area contributed by atoms with Crippen LogP contribution >= 0.6 is 0 Å². The summed E-state index contributed by atoms with van der Waals surface area (Å²) in [6, 6.07) is 0. The lowest BCUT2D eigenvalue weighted by atomic mass is 9.32. The van der Waals surface area contributed by atoms with Crippen LogP contribution in [-0.4, -0.2) is 40.6 Å². The fourth-order valence-corrected chi connectivity index (χ4v) is 11.7. The van der Waals surface area contributed by atoms with E-state index in [1.54, 1.807) is 0 Å². The van der Waals surface area contributed by atoms with Gasteiger partial charge in [-0.15, -0.1) is 0 Å². The molecule has 38 heavy (non-hydrogen) atoms. The van der Waals surface area contributed by atoms with Crippen molar-refractivity contribution in [2.45, 2.75) is 112 Å². The van der Waals surface area contributed by atoms with E-state index < -0.39 is 23.3 Å². The molecule has 5 aliphatic carbocycles. The van der Waals surface area contributed by atoms with Crippen molar-refractivity contribution in [1.29, 1.82) is 0 Å². The van der Waals surface area contributed by atoms with Gasteiger partial charge in [0.25, 0.3) is 0 Å². The molecule has 2 bridgehead atoms. The second kappa shape index (κ2) is 7.87. The van der Waals surface area contributed by atoms with Crippen LogP contribution in [0.3, 0.4) is 0 Å². The fraction of sp³-hybridized carbons (Fsp3) is 0.875. The van der Waals surface area contributed by atoms with E-state index in [0.29, 0.717) is 37.7 Å². The molecule has 2 aliphatic heterocycles. The Morgan fingerprint density at radius 3 is 2.34 bits per heavy atom. The van der Waals surface area contributed by atoms with Gasteiger partial charge in [-0.1, -0.05) is 53.2 Å². The summed E-state index contributed by atoms with van der Waals surface area (Å²) < 4.78 is 12.2.